The first kappa shape index (κ1) is 35.7. The molecule has 3 amide bonds. The second-order valence-corrected chi connectivity index (χ2v) is 7.71. The molecule has 0 radical (unpaired) electrons. The molecule has 0 unspecified atom stereocenters. The number of rotatable bonds is 12. The van der Waals surface area contributed by atoms with Crippen molar-refractivity contribution in [2.75, 3.05) is 32.8 Å². The van der Waals surface area contributed by atoms with E-state index in [1.807, 2.05) is 41.5 Å². The van der Waals surface area contributed by atoms with Crippen LogP contribution in [-0.4, -0.2) is 62.7 Å². The highest BCUT2D eigenvalue weighted by Crippen LogP contribution is 1.90. The number of hydrogen-bond acceptors (Lipinski definition) is 5. The summed E-state index contributed by atoms with van der Waals surface area (Å²) in [6.45, 7) is 17.9. The first-order valence-corrected chi connectivity index (χ1v) is 10.1. The standard InChI is InChI=1S/C11H22N2O3.C9H20N2O.2CH4/c1-8(2)11(15)13-6-5-12-10(14)7-16-9(3)4;1-7(2)9(12)11-6-5-10-8(3)4;;/h8-9H,5-7H2,1-4H3,(H,12,14)(H,13,15);7-8,10H,5-6H2,1-4H3,(H,11,12);2*1H4. The Morgan fingerprint density at radius 3 is 1.43 bits per heavy atom. The van der Waals surface area contributed by atoms with Gasteiger partial charge in [-0.2, -0.15) is 0 Å². The van der Waals surface area contributed by atoms with Gasteiger partial charge in [0.1, 0.15) is 6.61 Å². The highest BCUT2D eigenvalue weighted by atomic mass is 16.5. The average molecular weight is 435 g/mol. The maximum atomic E-state index is 11.2. The molecule has 0 aliphatic carbocycles. The number of hydrogen-bond donors (Lipinski definition) is 4. The summed E-state index contributed by atoms with van der Waals surface area (Å²) < 4.78 is 5.12. The van der Waals surface area contributed by atoms with Gasteiger partial charge in [0.05, 0.1) is 6.10 Å². The lowest BCUT2D eigenvalue weighted by Crippen LogP contribution is -2.37. The Bertz CT molecular complexity index is 439. The van der Waals surface area contributed by atoms with Crippen molar-refractivity contribution in [2.45, 2.75) is 82.4 Å². The van der Waals surface area contributed by atoms with Crippen LogP contribution in [0.1, 0.15) is 70.2 Å². The van der Waals surface area contributed by atoms with E-state index in [4.69, 9.17) is 4.74 Å². The summed E-state index contributed by atoms with van der Waals surface area (Å²) >= 11 is 0. The van der Waals surface area contributed by atoms with Crippen LogP contribution in [0.3, 0.4) is 0 Å². The second-order valence-electron chi connectivity index (χ2n) is 7.71. The van der Waals surface area contributed by atoms with Crippen LogP contribution in [0.25, 0.3) is 0 Å². The fourth-order valence-electron chi connectivity index (χ4n) is 1.64. The van der Waals surface area contributed by atoms with Crippen molar-refractivity contribution in [2.24, 2.45) is 11.8 Å². The molecule has 8 nitrogen and oxygen atoms in total. The third-order valence-corrected chi connectivity index (χ3v) is 3.32. The lowest BCUT2D eigenvalue weighted by atomic mass is 10.2. The van der Waals surface area contributed by atoms with Gasteiger partial charge in [0.2, 0.25) is 17.7 Å². The van der Waals surface area contributed by atoms with Crippen LogP contribution in [0.15, 0.2) is 0 Å². The van der Waals surface area contributed by atoms with Gasteiger partial charge in [-0.1, -0.05) is 56.4 Å². The van der Waals surface area contributed by atoms with Gasteiger partial charge in [0.15, 0.2) is 0 Å². The Labute approximate surface area is 185 Å². The summed E-state index contributed by atoms with van der Waals surface area (Å²) in [6.07, 6.45) is 0.0476. The van der Waals surface area contributed by atoms with Crippen LogP contribution >= 0.6 is 0 Å². The largest absolute Gasteiger partial charge is 0.369 e. The van der Waals surface area contributed by atoms with Gasteiger partial charge in [0.25, 0.3) is 0 Å². The Morgan fingerprint density at radius 2 is 1.07 bits per heavy atom. The summed E-state index contributed by atoms with van der Waals surface area (Å²) in [4.78, 5) is 33.4. The predicted octanol–water partition coefficient (Wildman–Crippen LogP) is 2.33. The molecule has 0 atom stereocenters. The smallest absolute Gasteiger partial charge is 0.246 e. The molecule has 0 aromatic heterocycles. The van der Waals surface area contributed by atoms with E-state index in [0.29, 0.717) is 19.1 Å². The summed E-state index contributed by atoms with van der Waals surface area (Å²) in [5.41, 5.74) is 0. The van der Waals surface area contributed by atoms with Crippen LogP contribution in [0.5, 0.6) is 0 Å². The number of nitrogens with one attached hydrogen (secondary N) is 4. The van der Waals surface area contributed by atoms with E-state index in [1.165, 1.54) is 0 Å². The van der Waals surface area contributed by atoms with Crippen molar-refractivity contribution in [1.82, 2.24) is 21.3 Å². The van der Waals surface area contributed by atoms with Crippen molar-refractivity contribution in [3.05, 3.63) is 0 Å². The maximum Gasteiger partial charge on any atom is 0.246 e. The van der Waals surface area contributed by atoms with Crippen LogP contribution in [0, 0.1) is 11.8 Å². The molecule has 0 aliphatic rings. The molecule has 0 aromatic rings. The van der Waals surface area contributed by atoms with E-state index in [-0.39, 0.29) is 57.1 Å². The Morgan fingerprint density at radius 1 is 0.667 bits per heavy atom. The lowest BCUT2D eigenvalue weighted by Gasteiger charge is -2.10. The number of ether oxygens (including phenoxy) is 1. The van der Waals surface area contributed by atoms with Crippen LogP contribution in [0.4, 0.5) is 0 Å². The molecule has 0 aromatic carbocycles. The Balaban J connectivity index is -0.000000219. The van der Waals surface area contributed by atoms with Gasteiger partial charge >= 0.3 is 0 Å². The summed E-state index contributed by atoms with van der Waals surface area (Å²) in [6, 6.07) is 0.487. The molecule has 182 valence electrons. The van der Waals surface area contributed by atoms with Gasteiger partial charge < -0.3 is 26.0 Å². The van der Waals surface area contributed by atoms with Crippen molar-refractivity contribution in [1.29, 1.82) is 0 Å². The van der Waals surface area contributed by atoms with E-state index in [2.05, 4.69) is 35.1 Å². The maximum absolute atomic E-state index is 11.2. The SMILES string of the molecule is C.C.CC(C)NCCNC(=O)C(C)C.CC(C)OCC(=O)NCCNC(=O)C(C)C. The molecule has 0 fully saturated rings. The van der Waals surface area contributed by atoms with E-state index in [9.17, 15) is 14.4 Å². The van der Waals surface area contributed by atoms with E-state index < -0.39 is 0 Å². The summed E-state index contributed by atoms with van der Waals surface area (Å²) in [5.74, 6) is 0.0183. The fourth-order valence-corrected chi connectivity index (χ4v) is 1.64. The monoisotopic (exact) mass is 434 g/mol. The van der Waals surface area contributed by atoms with Crippen molar-refractivity contribution >= 4 is 17.7 Å². The predicted molar refractivity (Wildman–Crippen MR) is 126 cm³/mol. The van der Waals surface area contributed by atoms with Crippen LogP contribution in [-0.2, 0) is 19.1 Å². The molecular weight excluding hydrogens is 384 g/mol. The van der Waals surface area contributed by atoms with Gasteiger partial charge in [-0.25, -0.2) is 0 Å². The second kappa shape index (κ2) is 22.0. The number of carbonyl (C=O) groups is 3. The van der Waals surface area contributed by atoms with Crippen molar-refractivity contribution < 1.29 is 19.1 Å². The first-order valence-electron chi connectivity index (χ1n) is 10.1. The zero-order valence-corrected chi connectivity index (χ0v) is 19.0. The van der Waals surface area contributed by atoms with Crippen LogP contribution < -0.4 is 21.3 Å². The number of carbonyl (C=O) groups excluding carboxylic acids is 3. The topological polar surface area (TPSA) is 109 Å². The molecule has 0 aliphatic heterocycles. The third-order valence-electron chi connectivity index (χ3n) is 3.32. The normalized spacial score (nSPS) is 10.0. The molecule has 30 heavy (non-hydrogen) atoms. The molecular formula is C22H50N4O4. The molecule has 0 heterocycles. The van der Waals surface area contributed by atoms with E-state index in [0.717, 1.165) is 13.1 Å². The molecule has 0 spiro atoms. The molecule has 0 rings (SSSR count). The van der Waals surface area contributed by atoms with E-state index in [1.54, 1.807) is 0 Å². The van der Waals surface area contributed by atoms with Gasteiger partial charge in [-0.05, 0) is 13.8 Å². The van der Waals surface area contributed by atoms with Gasteiger partial charge in [-0.3, -0.25) is 14.4 Å². The number of amides is 3. The summed E-state index contributed by atoms with van der Waals surface area (Å²) in [7, 11) is 0. The third kappa shape index (κ3) is 26.3. The highest BCUT2D eigenvalue weighted by Gasteiger charge is 2.06. The lowest BCUT2D eigenvalue weighted by molar-refractivity contribution is -0.127. The zero-order valence-electron chi connectivity index (χ0n) is 19.0. The molecule has 4 N–H and O–H groups in total. The molecule has 8 heteroatoms. The van der Waals surface area contributed by atoms with Gasteiger partial charge in [0, 0.05) is 44.1 Å². The zero-order chi connectivity index (χ0) is 22.1. The van der Waals surface area contributed by atoms with Gasteiger partial charge in [-0.15, -0.1) is 0 Å². The highest BCUT2D eigenvalue weighted by molar-refractivity contribution is 5.78. The van der Waals surface area contributed by atoms with Crippen LogP contribution in [0.2, 0.25) is 0 Å². The first-order chi connectivity index (χ1) is 13.0. The fraction of sp³-hybridized carbons (Fsp3) is 0.864. The van der Waals surface area contributed by atoms with E-state index >= 15 is 0 Å². The molecule has 0 bridgehead atoms. The Kier molecular flexibility index (Phi) is 26.2. The van der Waals surface area contributed by atoms with Crippen molar-refractivity contribution in [3.63, 3.8) is 0 Å². The molecule has 0 saturated heterocycles. The average Bonchev–Trinajstić information content (AvgIpc) is 2.60. The minimum Gasteiger partial charge on any atom is -0.369 e. The summed E-state index contributed by atoms with van der Waals surface area (Å²) in [5, 5.41) is 11.4. The quantitative estimate of drug-likeness (QED) is 0.353. The molecule has 0 saturated carbocycles. The minimum atomic E-state index is -0.160. The minimum absolute atomic E-state index is 0. The van der Waals surface area contributed by atoms with Crippen molar-refractivity contribution in [3.8, 4) is 0 Å². The Hall–Kier alpha value is -1.67.